The number of epoxide rings is 1. The maximum absolute atomic E-state index is 13.8. The third kappa shape index (κ3) is 4.00. The van der Waals surface area contributed by atoms with Crippen molar-refractivity contribution < 1.29 is 23.9 Å². The lowest BCUT2D eigenvalue weighted by Gasteiger charge is -2.25. The zero-order valence-corrected chi connectivity index (χ0v) is 19.4. The second-order valence-electron chi connectivity index (χ2n) is 9.39. The average molecular weight is 427 g/mol. The Morgan fingerprint density at radius 2 is 1.87 bits per heavy atom. The lowest BCUT2D eigenvalue weighted by molar-refractivity contribution is -0.148. The molecular formula is C26H34O5. The second kappa shape index (κ2) is 9.07. The molecule has 1 heterocycles. The number of ether oxygens (including phenoxy) is 2. The number of fused-ring (bicyclic) bond motifs is 2. The number of carbonyl (C=O) groups excluding carboxylic acids is 3. The van der Waals surface area contributed by atoms with Crippen molar-refractivity contribution in [1.29, 1.82) is 0 Å². The maximum atomic E-state index is 13.8. The largest absolute Gasteiger partial charge is 0.463 e. The first-order valence-corrected chi connectivity index (χ1v) is 11.4. The Morgan fingerprint density at radius 1 is 1.13 bits per heavy atom. The second-order valence-corrected chi connectivity index (χ2v) is 9.39. The summed E-state index contributed by atoms with van der Waals surface area (Å²) in [6.07, 6.45) is 6.50. The molecule has 1 aromatic rings. The summed E-state index contributed by atoms with van der Waals surface area (Å²) in [5.74, 6) is -1.16. The SMILES string of the molecule is CCCCCCOC(=O)[C@]12O[C@@]1(CC=C(C)C)C(=O)c1cccc(CC(C)C)c1C2=O. The molecule has 31 heavy (non-hydrogen) atoms. The van der Waals surface area contributed by atoms with Crippen molar-refractivity contribution in [2.24, 2.45) is 5.92 Å². The van der Waals surface area contributed by atoms with Gasteiger partial charge in [0.2, 0.25) is 5.78 Å². The molecule has 2 aliphatic rings. The van der Waals surface area contributed by atoms with Crippen molar-refractivity contribution >= 4 is 17.5 Å². The van der Waals surface area contributed by atoms with E-state index in [9.17, 15) is 14.4 Å². The van der Waals surface area contributed by atoms with Crippen molar-refractivity contribution in [3.63, 3.8) is 0 Å². The fourth-order valence-corrected chi connectivity index (χ4v) is 4.45. The highest BCUT2D eigenvalue weighted by atomic mass is 16.7. The Morgan fingerprint density at radius 3 is 2.52 bits per heavy atom. The zero-order chi connectivity index (χ0) is 22.8. The van der Waals surface area contributed by atoms with Gasteiger partial charge < -0.3 is 9.47 Å². The highest BCUT2D eigenvalue weighted by Gasteiger charge is 2.85. The van der Waals surface area contributed by atoms with Gasteiger partial charge in [-0.05, 0) is 38.2 Å². The zero-order valence-electron chi connectivity index (χ0n) is 19.4. The highest BCUT2D eigenvalue weighted by molar-refractivity contribution is 6.33. The number of unbranched alkanes of at least 4 members (excludes halogenated alkanes) is 3. The first-order chi connectivity index (χ1) is 14.7. The predicted molar refractivity (Wildman–Crippen MR) is 119 cm³/mol. The van der Waals surface area contributed by atoms with E-state index < -0.39 is 23.0 Å². The number of esters is 1. The van der Waals surface area contributed by atoms with Crippen LogP contribution in [0.3, 0.4) is 0 Å². The molecule has 0 amide bonds. The quantitative estimate of drug-likeness (QED) is 0.168. The van der Waals surface area contributed by atoms with Crippen LogP contribution in [0.25, 0.3) is 0 Å². The lowest BCUT2D eigenvalue weighted by atomic mass is 9.70. The normalized spacial score (nSPS) is 23.9. The molecule has 1 aliphatic carbocycles. The minimum absolute atomic E-state index is 0.179. The van der Waals surface area contributed by atoms with Crippen LogP contribution in [0.15, 0.2) is 29.8 Å². The maximum Gasteiger partial charge on any atom is 0.350 e. The molecule has 1 fully saturated rings. The average Bonchev–Trinajstić information content (AvgIpc) is 3.42. The highest BCUT2D eigenvalue weighted by Crippen LogP contribution is 2.59. The Balaban J connectivity index is 2.00. The van der Waals surface area contributed by atoms with Crippen LogP contribution in [-0.4, -0.2) is 35.3 Å². The summed E-state index contributed by atoms with van der Waals surface area (Å²) in [4.78, 5) is 40.5. The molecule has 3 rings (SSSR count). The molecule has 5 heteroatoms. The van der Waals surface area contributed by atoms with Gasteiger partial charge in [0.15, 0.2) is 11.4 Å². The van der Waals surface area contributed by atoms with E-state index in [0.717, 1.165) is 36.8 Å². The number of Topliss-reactive ketones (excluding diaryl/α,β-unsaturated/α-hetero) is 2. The Labute approximate surface area is 185 Å². The molecule has 1 aromatic carbocycles. The van der Waals surface area contributed by atoms with E-state index in [1.165, 1.54) is 0 Å². The first kappa shape index (κ1) is 23.4. The first-order valence-electron chi connectivity index (χ1n) is 11.4. The Kier molecular flexibility index (Phi) is 6.85. The molecule has 0 spiro atoms. The van der Waals surface area contributed by atoms with Crippen molar-refractivity contribution in [1.82, 2.24) is 0 Å². The molecule has 0 unspecified atom stereocenters. The summed E-state index contributed by atoms with van der Waals surface area (Å²) in [5, 5.41) is 0. The molecule has 0 saturated carbocycles. The summed E-state index contributed by atoms with van der Waals surface area (Å²) in [5.41, 5.74) is -0.895. The van der Waals surface area contributed by atoms with Crippen molar-refractivity contribution in [2.75, 3.05) is 6.61 Å². The summed E-state index contributed by atoms with van der Waals surface area (Å²) in [6.45, 7) is 10.3. The molecule has 168 valence electrons. The van der Waals surface area contributed by atoms with E-state index in [1.54, 1.807) is 12.1 Å². The fraction of sp³-hybridized carbons (Fsp3) is 0.577. The van der Waals surface area contributed by atoms with Gasteiger partial charge in [0.25, 0.3) is 5.60 Å². The van der Waals surface area contributed by atoms with Gasteiger partial charge in [-0.3, -0.25) is 9.59 Å². The smallest absolute Gasteiger partial charge is 0.350 e. The molecule has 0 aromatic heterocycles. The van der Waals surface area contributed by atoms with Crippen molar-refractivity contribution in [2.45, 2.75) is 84.3 Å². The van der Waals surface area contributed by atoms with E-state index >= 15 is 0 Å². The van der Waals surface area contributed by atoms with Crippen molar-refractivity contribution in [3.05, 3.63) is 46.5 Å². The fourth-order valence-electron chi connectivity index (χ4n) is 4.45. The summed E-state index contributed by atoms with van der Waals surface area (Å²) < 4.78 is 11.4. The van der Waals surface area contributed by atoms with E-state index in [-0.39, 0.29) is 18.8 Å². The molecule has 0 radical (unpaired) electrons. The molecule has 0 N–H and O–H groups in total. The number of rotatable bonds is 10. The van der Waals surface area contributed by atoms with Crippen LogP contribution in [0.1, 0.15) is 93.0 Å². The summed E-state index contributed by atoms with van der Waals surface area (Å²) >= 11 is 0. The van der Waals surface area contributed by atoms with Gasteiger partial charge in [-0.25, -0.2) is 4.79 Å². The van der Waals surface area contributed by atoms with Gasteiger partial charge >= 0.3 is 5.97 Å². The van der Waals surface area contributed by atoms with Crippen LogP contribution in [0.5, 0.6) is 0 Å². The van der Waals surface area contributed by atoms with Gasteiger partial charge in [-0.1, -0.05) is 69.9 Å². The van der Waals surface area contributed by atoms with Gasteiger partial charge in [-0.2, -0.15) is 0 Å². The number of hydrogen-bond donors (Lipinski definition) is 0. The van der Waals surface area contributed by atoms with Crippen molar-refractivity contribution in [3.8, 4) is 0 Å². The molecule has 1 saturated heterocycles. The van der Waals surface area contributed by atoms with Crippen LogP contribution < -0.4 is 0 Å². The third-order valence-corrected chi connectivity index (χ3v) is 6.11. The molecule has 2 atom stereocenters. The molecule has 1 aliphatic heterocycles. The number of carbonyl (C=O) groups is 3. The monoisotopic (exact) mass is 426 g/mol. The Bertz CT molecular complexity index is 908. The van der Waals surface area contributed by atoms with Gasteiger partial charge in [0.1, 0.15) is 0 Å². The van der Waals surface area contributed by atoms with E-state index in [4.69, 9.17) is 9.47 Å². The van der Waals surface area contributed by atoms with E-state index in [0.29, 0.717) is 23.5 Å². The van der Waals surface area contributed by atoms with Crippen LogP contribution in [0.4, 0.5) is 0 Å². The molecule has 5 nitrogen and oxygen atoms in total. The van der Waals surface area contributed by atoms with E-state index in [1.807, 2.05) is 26.0 Å². The number of ketones is 2. The standard InChI is InChI=1S/C26H34O5/c1-6-7-8-9-15-30-24(29)26-23(28)21-19(16-18(4)5)11-10-12-20(21)22(27)25(26,31-26)14-13-17(2)3/h10-13,18H,6-9,14-16H2,1-5H3/t25-,26-/m0/s1. The third-order valence-electron chi connectivity index (χ3n) is 6.11. The van der Waals surface area contributed by atoms with Gasteiger partial charge in [-0.15, -0.1) is 0 Å². The van der Waals surface area contributed by atoms with Gasteiger partial charge in [0, 0.05) is 17.5 Å². The topological polar surface area (TPSA) is 73.0 Å². The summed E-state index contributed by atoms with van der Waals surface area (Å²) in [7, 11) is 0. The van der Waals surface area contributed by atoms with Crippen LogP contribution in [0.2, 0.25) is 0 Å². The number of allylic oxidation sites excluding steroid dienone is 1. The Hall–Kier alpha value is -2.27. The molecular weight excluding hydrogens is 392 g/mol. The van der Waals surface area contributed by atoms with Crippen LogP contribution >= 0.6 is 0 Å². The molecule has 0 bridgehead atoms. The number of benzene rings is 1. The predicted octanol–water partition coefficient (Wildman–Crippen LogP) is 5.25. The lowest BCUT2D eigenvalue weighted by Crippen LogP contribution is -2.51. The van der Waals surface area contributed by atoms with E-state index in [2.05, 4.69) is 20.8 Å². The van der Waals surface area contributed by atoms with Gasteiger partial charge in [0.05, 0.1) is 6.61 Å². The number of hydrogen-bond acceptors (Lipinski definition) is 5. The van der Waals surface area contributed by atoms with Crippen LogP contribution in [-0.2, 0) is 20.7 Å². The van der Waals surface area contributed by atoms with Crippen LogP contribution in [0, 0.1) is 5.92 Å². The summed E-state index contributed by atoms with van der Waals surface area (Å²) in [6, 6.07) is 5.34. The minimum Gasteiger partial charge on any atom is -0.463 e. The minimum atomic E-state index is -1.86.